The number of carbonyl (C=O) groups is 1. The zero-order valence-electron chi connectivity index (χ0n) is 10.6. The molecular formula is C10H23BrN2O2. The minimum Gasteiger partial charge on any atom is -1.00 e. The van der Waals surface area contributed by atoms with E-state index in [1.54, 1.807) is 0 Å². The topological polar surface area (TPSA) is 38.3 Å². The van der Waals surface area contributed by atoms with E-state index in [-0.39, 0.29) is 23.1 Å². The summed E-state index contributed by atoms with van der Waals surface area (Å²) in [5.74, 6) is 0. The van der Waals surface area contributed by atoms with E-state index in [1.807, 2.05) is 20.8 Å². The van der Waals surface area contributed by atoms with Gasteiger partial charge in [-0.2, -0.15) is 0 Å². The van der Waals surface area contributed by atoms with Crippen molar-refractivity contribution in [3.05, 3.63) is 0 Å². The lowest BCUT2D eigenvalue weighted by atomic mass is 10.2. The number of hydrogen-bond donors (Lipinski definition) is 1. The van der Waals surface area contributed by atoms with Gasteiger partial charge in [0.15, 0.2) is 0 Å². The average Bonchev–Trinajstić information content (AvgIpc) is 1.78. The molecule has 0 aliphatic heterocycles. The maximum atomic E-state index is 11.2. The molecule has 0 saturated carbocycles. The second kappa shape index (κ2) is 6.33. The normalized spacial score (nSPS) is 11.6. The van der Waals surface area contributed by atoms with Gasteiger partial charge in [0.05, 0.1) is 34.2 Å². The first-order chi connectivity index (χ1) is 6.10. The molecule has 1 amide bonds. The number of carbonyl (C=O) groups excluding carboxylic acids is 1. The molecule has 0 aliphatic rings. The van der Waals surface area contributed by atoms with Crippen molar-refractivity contribution in [2.24, 2.45) is 0 Å². The fourth-order valence-corrected chi connectivity index (χ4v) is 0.808. The number of nitrogens with one attached hydrogen (secondary N) is 1. The van der Waals surface area contributed by atoms with Crippen LogP contribution in [0.1, 0.15) is 20.8 Å². The van der Waals surface area contributed by atoms with E-state index in [2.05, 4.69) is 26.5 Å². The Hall–Kier alpha value is -0.290. The Morgan fingerprint density at radius 1 is 1.27 bits per heavy atom. The summed E-state index contributed by atoms with van der Waals surface area (Å²) in [6, 6.07) is 0. The molecule has 0 aromatic carbocycles. The number of rotatable bonds is 3. The van der Waals surface area contributed by atoms with Gasteiger partial charge in [0.1, 0.15) is 5.60 Å². The molecule has 0 aromatic heterocycles. The van der Waals surface area contributed by atoms with Gasteiger partial charge in [-0.1, -0.05) is 0 Å². The zero-order valence-corrected chi connectivity index (χ0v) is 12.1. The van der Waals surface area contributed by atoms with Crippen molar-refractivity contribution in [1.29, 1.82) is 0 Å². The van der Waals surface area contributed by atoms with Crippen molar-refractivity contribution in [2.75, 3.05) is 34.2 Å². The maximum Gasteiger partial charge on any atom is 0.407 e. The van der Waals surface area contributed by atoms with E-state index < -0.39 is 5.60 Å². The minimum absolute atomic E-state index is 0. The number of hydrogen-bond acceptors (Lipinski definition) is 2. The zero-order chi connectivity index (χ0) is 11.4. The van der Waals surface area contributed by atoms with Gasteiger partial charge in [-0.25, -0.2) is 4.79 Å². The average molecular weight is 283 g/mol. The summed E-state index contributed by atoms with van der Waals surface area (Å²) < 4.78 is 5.92. The highest BCUT2D eigenvalue weighted by molar-refractivity contribution is 5.67. The number of nitrogens with zero attached hydrogens (tertiary/aromatic N) is 1. The molecular weight excluding hydrogens is 260 g/mol. The Morgan fingerprint density at radius 2 is 1.73 bits per heavy atom. The van der Waals surface area contributed by atoms with Crippen LogP contribution in [-0.2, 0) is 4.74 Å². The summed E-state index contributed by atoms with van der Waals surface area (Å²) in [5, 5.41) is 2.72. The molecule has 0 radical (unpaired) electrons. The molecule has 92 valence electrons. The Bertz CT molecular complexity index is 195. The van der Waals surface area contributed by atoms with Crippen molar-refractivity contribution in [3.63, 3.8) is 0 Å². The maximum absolute atomic E-state index is 11.2. The molecule has 4 nitrogen and oxygen atoms in total. The molecule has 0 spiro atoms. The quantitative estimate of drug-likeness (QED) is 0.622. The lowest BCUT2D eigenvalue weighted by molar-refractivity contribution is -0.869. The number of ether oxygens (including phenoxy) is 1. The van der Waals surface area contributed by atoms with Crippen molar-refractivity contribution >= 4 is 6.09 Å². The molecule has 0 bridgehead atoms. The van der Waals surface area contributed by atoms with Crippen molar-refractivity contribution < 1.29 is 31.0 Å². The smallest absolute Gasteiger partial charge is 0.407 e. The summed E-state index contributed by atoms with van der Waals surface area (Å²) in [5.41, 5.74) is -0.416. The predicted octanol–water partition coefficient (Wildman–Crippen LogP) is -1.78. The van der Waals surface area contributed by atoms with Crippen LogP contribution in [0.3, 0.4) is 0 Å². The third kappa shape index (κ3) is 13.7. The second-order valence-electron chi connectivity index (χ2n) is 5.44. The predicted molar refractivity (Wildman–Crippen MR) is 57.1 cm³/mol. The molecule has 15 heavy (non-hydrogen) atoms. The van der Waals surface area contributed by atoms with E-state index in [0.29, 0.717) is 6.54 Å². The molecule has 0 atom stereocenters. The molecule has 5 heteroatoms. The summed E-state index contributed by atoms with van der Waals surface area (Å²) in [6.07, 6.45) is -0.342. The van der Waals surface area contributed by atoms with Crippen LogP contribution in [0.5, 0.6) is 0 Å². The summed E-state index contributed by atoms with van der Waals surface area (Å²) in [4.78, 5) is 11.2. The standard InChI is InChI=1S/C10H22N2O2.BrH/c1-10(2,3)14-9(13)11-7-8-12(4,5)6;/h7-8H2,1-6H3;1H. The van der Waals surface area contributed by atoms with Crippen LogP contribution in [0, 0.1) is 0 Å². The van der Waals surface area contributed by atoms with Crippen LogP contribution in [0.4, 0.5) is 4.79 Å². The van der Waals surface area contributed by atoms with E-state index in [1.165, 1.54) is 0 Å². The third-order valence-corrected chi connectivity index (χ3v) is 1.45. The van der Waals surface area contributed by atoms with Gasteiger partial charge < -0.3 is 31.5 Å². The van der Waals surface area contributed by atoms with Crippen molar-refractivity contribution in [3.8, 4) is 0 Å². The van der Waals surface area contributed by atoms with E-state index in [4.69, 9.17) is 4.74 Å². The van der Waals surface area contributed by atoms with E-state index >= 15 is 0 Å². The Kier molecular flexibility index (Phi) is 7.22. The summed E-state index contributed by atoms with van der Waals surface area (Å²) >= 11 is 0. The summed E-state index contributed by atoms with van der Waals surface area (Å²) in [7, 11) is 6.24. The molecule has 0 fully saturated rings. The Labute approximate surface area is 103 Å². The molecule has 0 rings (SSSR count). The molecule has 0 heterocycles. The van der Waals surface area contributed by atoms with Crippen LogP contribution < -0.4 is 22.3 Å². The van der Waals surface area contributed by atoms with E-state index in [9.17, 15) is 4.79 Å². The molecule has 0 unspecified atom stereocenters. The highest BCUT2D eigenvalue weighted by atomic mass is 79.9. The van der Waals surface area contributed by atoms with Gasteiger partial charge in [0.25, 0.3) is 0 Å². The number of halogens is 1. The fraction of sp³-hybridized carbons (Fsp3) is 0.900. The fourth-order valence-electron chi connectivity index (χ4n) is 0.808. The SMILES string of the molecule is CC(C)(C)OC(=O)NCC[N+](C)(C)C.[Br-]. The van der Waals surface area contributed by atoms with Crippen LogP contribution in [0.15, 0.2) is 0 Å². The van der Waals surface area contributed by atoms with Crippen molar-refractivity contribution in [2.45, 2.75) is 26.4 Å². The monoisotopic (exact) mass is 282 g/mol. The highest BCUT2D eigenvalue weighted by Crippen LogP contribution is 2.06. The number of alkyl carbamates (subject to hydrolysis) is 1. The van der Waals surface area contributed by atoms with Crippen LogP contribution in [-0.4, -0.2) is 50.4 Å². The van der Waals surface area contributed by atoms with Gasteiger partial charge in [-0.15, -0.1) is 0 Å². The van der Waals surface area contributed by atoms with Gasteiger partial charge in [0.2, 0.25) is 0 Å². The lowest BCUT2D eigenvalue weighted by Crippen LogP contribution is -3.00. The van der Waals surface area contributed by atoms with Gasteiger partial charge in [-0.3, -0.25) is 0 Å². The molecule has 1 N–H and O–H groups in total. The molecule has 0 aromatic rings. The lowest BCUT2D eigenvalue weighted by Gasteiger charge is -2.24. The summed E-state index contributed by atoms with van der Waals surface area (Å²) in [6.45, 7) is 7.09. The van der Waals surface area contributed by atoms with Gasteiger partial charge in [0, 0.05) is 0 Å². The largest absolute Gasteiger partial charge is 1.00 e. The molecule has 0 saturated heterocycles. The van der Waals surface area contributed by atoms with Crippen molar-refractivity contribution in [1.82, 2.24) is 5.32 Å². The van der Waals surface area contributed by atoms with Gasteiger partial charge >= 0.3 is 6.09 Å². The highest BCUT2D eigenvalue weighted by Gasteiger charge is 2.16. The van der Waals surface area contributed by atoms with Crippen LogP contribution >= 0.6 is 0 Å². The third-order valence-electron chi connectivity index (χ3n) is 1.45. The Balaban J connectivity index is 0. The first-order valence-corrected chi connectivity index (χ1v) is 4.87. The molecule has 0 aliphatic carbocycles. The Morgan fingerprint density at radius 3 is 2.07 bits per heavy atom. The number of amides is 1. The number of quaternary nitrogens is 1. The first kappa shape index (κ1) is 17.1. The van der Waals surface area contributed by atoms with Crippen LogP contribution in [0.25, 0.3) is 0 Å². The number of likely N-dealkylation sites (N-methyl/N-ethyl adjacent to an activating group) is 1. The van der Waals surface area contributed by atoms with Crippen LogP contribution in [0.2, 0.25) is 0 Å². The minimum atomic E-state index is -0.416. The first-order valence-electron chi connectivity index (χ1n) is 4.87. The second-order valence-corrected chi connectivity index (χ2v) is 5.44. The van der Waals surface area contributed by atoms with E-state index in [0.717, 1.165) is 11.0 Å². The van der Waals surface area contributed by atoms with Gasteiger partial charge in [-0.05, 0) is 20.8 Å².